The summed E-state index contributed by atoms with van der Waals surface area (Å²) in [7, 11) is 9.79. The minimum atomic E-state index is -0.586. The van der Waals surface area contributed by atoms with Crippen molar-refractivity contribution in [2.45, 2.75) is 0 Å². The van der Waals surface area contributed by atoms with E-state index in [0.29, 0.717) is 0 Å². The van der Waals surface area contributed by atoms with Crippen LogP contribution >= 0.6 is 18.8 Å². The summed E-state index contributed by atoms with van der Waals surface area (Å²) < 4.78 is 9.89. The van der Waals surface area contributed by atoms with Crippen molar-refractivity contribution in [3.63, 3.8) is 0 Å². The summed E-state index contributed by atoms with van der Waals surface area (Å²) in [5, 5.41) is 0. The predicted molar refractivity (Wildman–Crippen MR) is 33.3 cm³/mol. The van der Waals surface area contributed by atoms with Crippen LogP contribution in [0.25, 0.3) is 0 Å². The number of rotatable bonds is 0. The Morgan fingerprint density at radius 2 is 1.11 bits per heavy atom. The number of hydrogen-bond acceptors (Lipinski definition) is 2. The van der Waals surface area contributed by atoms with Crippen LogP contribution in [0.15, 0.2) is 0 Å². The van der Waals surface area contributed by atoms with Gasteiger partial charge in [-0.2, -0.15) is 0 Å². The Bertz CT molecular complexity index is 40.3. The Hall–Kier alpha value is 1.19. The fourth-order valence-corrected chi connectivity index (χ4v) is 0.440. The van der Waals surface area contributed by atoms with Gasteiger partial charge in [0.25, 0.3) is 0 Å². The number of ether oxygens (including phenoxy) is 2. The molecule has 0 unspecified atom stereocenters. The van der Waals surface area contributed by atoms with Crippen molar-refractivity contribution in [3.05, 3.63) is 0 Å². The van der Waals surface area contributed by atoms with Crippen LogP contribution in [-0.4, -0.2) is 26.4 Å². The van der Waals surface area contributed by atoms with Gasteiger partial charge in [-0.25, -0.2) is 0 Å². The Morgan fingerprint density at radius 1 is 0.889 bits per heavy atom. The van der Waals surface area contributed by atoms with Crippen molar-refractivity contribution < 1.29 is 26.0 Å². The first-order chi connectivity index (χ1) is 4.41. The molecule has 0 aromatic carbocycles. The molecule has 2 nitrogen and oxygen atoms in total. The maximum absolute atomic E-state index is 4.94. The van der Waals surface area contributed by atoms with E-state index in [4.69, 9.17) is 28.3 Å². The van der Waals surface area contributed by atoms with Gasteiger partial charge in [0.1, 0.15) is 0 Å². The van der Waals surface area contributed by atoms with E-state index >= 15 is 0 Å². The van der Waals surface area contributed by atoms with Gasteiger partial charge in [0, 0.05) is 0 Å². The molecule has 0 bridgehead atoms. The first-order valence-corrected chi connectivity index (χ1v) is 7.63. The Labute approximate surface area is 71.2 Å². The summed E-state index contributed by atoms with van der Waals surface area (Å²) in [4.78, 5) is 0. The molecular formula is C4H8Cl2MoO2. The van der Waals surface area contributed by atoms with Crippen LogP contribution in [0.2, 0.25) is 0 Å². The van der Waals surface area contributed by atoms with Gasteiger partial charge in [0.05, 0.1) is 26.4 Å². The summed E-state index contributed by atoms with van der Waals surface area (Å²) >= 11 is -0.586. The quantitative estimate of drug-likeness (QED) is 0.609. The molecule has 1 aliphatic rings. The van der Waals surface area contributed by atoms with Crippen LogP contribution in [-0.2, 0) is 26.0 Å². The molecule has 9 heavy (non-hydrogen) atoms. The van der Waals surface area contributed by atoms with Crippen LogP contribution in [0.5, 0.6) is 0 Å². The Balaban J connectivity index is 0.000000187. The van der Waals surface area contributed by atoms with Crippen molar-refractivity contribution >= 4 is 18.8 Å². The standard InChI is InChI=1S/C4H8O2.2ClH.Mo/c1-2-6-4-3-5-1;;;/h1-4H2;2*1H;/q;;;+2/p-2. The summed E-state index contributed by atoms with van der Waals surface area (Å²) in [6, 6.07) is 0. The SMILES string of the molecule is C1COCCO1.[Cl][Mo][Cl]. The molecule has 1 heterocycles. The molecule has 0 aromatic rings. The van der Waals surface area contributed by atoms with E-state index in [1.165, 1.54) is 0 Å². The zero-order valence-electron chi connectivity index (χ0n) is 4.81. The third kappa shape index (κ3) is 9.19. The molecule has 0 saturated carbocycles. The zero-order chi connectivity index (χ0) is 6.95. The third-order valence-corrected chi connectivity index (χ3v) is 0.744. The second kappa shape index (κ2) is 9.19. The number of hydrogen-bond donors (Lipinski definition) is 0. The second-order valence-electron chi connectivity index (χ2n) is 1.28. The Morgan fingerprint density at radius 3 is 1.22 bits per heavy atom. The average molecular weight is 255 g/mol. The summed E-state index contributed by atoms with van der Waals surface area (Å²) in [5.41, 5.74) is 0. The molecule has 56 valence electrons. The summed E-state index contributed by atoms with van der Waals surface area (Å²) in [6.45, 7) is 3.11. The van der Waals surface area contributed by atoms with E-state index in [1.54, 1.807) is 0 Å². The molecule has 1 aliphatic heterocycles. The van der Waals surface area contributed by atoms with Crippen molar-refractivity contribution in [1.82, 2.24) is 0 Å². The van der Waals surface area contributed by atoms with E-state index in [0.717, 1.165) is 26.4 Å². The van der Waals surface area contributed by atoms with Gasteiger partial charge in [0.2, 0.25) is 0 Å². The molecule has 0 aliphatic carbocycles. The van der Waals surface area contributed by atoms with Crippen LogP contribution in [0, 0.1) is 0 Å². The van der Waals surface area contributed by atoms with Gasteiger partial charge in [-0.1, -0.05) is 0 Å². The van der Waals surface area contributed by atoms with E-state index in [2.05, 4.69) is 0 Å². The summed E-state index contributed by atoms with van der Waals surface area (Å²) in [6.07, 6.45) is 0. The molecular weight excluding hydrogens is 247 g/mol. The van der Waals surface area contributed by atoms with Gasteiger partial charge in [0.15, 0.2) is 0 Å². The summed E-state index contributed by atoms with van der Waals surface area (Å²) in [5.74, 6) is 0. The van der Waals surface area contributed by atoms with E-state index < -0.39 is 16.5 Å². The van der Waals surface area contributed by atoms with Crippen molar-refractivity contribution in [2.24, 2.45) is 0 Å². The predicted octanol–water partition coefficient (Wildman–Crippen LogP) is 1.41. The molecule has 1 saturated heterocycles. The average Bonchev–Trinajstić information content (AvgIpc) is 1.93. The Kier molecular flexibility index (Phi) is 10.4. The molecule has 1 fully saturated rings. The first kappa shape index (κ1) is 10.2. The molecule has 0 aromatic heterocycles. The molecule has 0 N–H and O–H groups in total. The van der Waals surface area contributed by atoms with Crippen LogP contribution in [0.1, 0.15) is 0 Å². The molecule has 1 rings (SSSR count). The van der Waals surface area contributed by atoms with E-state index in [-0.39, 0.29) is 0 Å². The maximum atomic E-state index is 4.94. The van der Waals surface area contributed by atoms with Gasteiger partial charge in [-0.05, 0) is 0 Å². The van der Waals surface area contributed by atoms with E-state index in [9.17, 15) is 0 Å². The molecule has 0 atom stereocenters. The number of halogens is 2. The van der Waals surface area contributed by atoms with Crippen LogP contribution in [0.3, 0.4) is 0 Å². The van der Waals surface area contributed by atoms with Crippen LogP contribution in [0.4, 0.5) is 0 Å². The topological polar surface area (TPSA) is 18.5 Å². The fraction of sp³-hybridized carbons (Fsp3) is 1.00. The van der Waals surface area contributed by atoms with Crippen LogP contribution < -0.4 is 0 Å². The molecule has 5 heteroatoms. The monoisotopic (exact) mass is 256 g/mol. The third-order valence-electron chi connectivity index (χ3n) is 0.744. The normalized spacial score (nSPS) is 18.0. The van der Waals surface area contributed by atoms with Crippen molar-refractivity contribution in [2.75, 3.05) is 26.4 Å². The first-order valence-electron chi connectivity index (χ1n) is 2.46. The van der Waals surface area contributed by atoms with Crippen molar-refractivity contribution in [3.8, 4) is 0 Å². The van der Waals surface area contributed by atoms with Gasteiger partial charge >= 0.3 is 35.3 Å². The molecule has 0 spiro atoms. The zero-order valence-corrected chi connectivity index (χ0v) is 8.33. The second-order valence-corrected chi connectivity index (χ2v) is 4.33. The fourth-order valence-electron chi connectivity index (χ4n) is 0.440. The van der Waals surface area contributed by atoms with Gasteiger partial charge < -0.3 is 9.47 Å². The van der Waals surface area contributed by atoms with E-state index in [1.807, 2.05) is 0 Å². The molecule has 0 radical (unpaired) electrons. The van der Waals surface area contributed by atoms with Gasteiger partial charge in [-0.3, -0.25) is 0 Å². The van der Waals surface area contributed by atoms with Crippen molar-refractivity contribution in [1.29, 1.82) is 0 Å². The minimum absolute atomic E-state index is 0.586. The molecule has 0 amide bonds. The van der Waals surface area contributed by atoms with Gasteiger partial charge in [-0.15, -0.1) is 0 Å².